The van der Waals surface area contributed by atoms with Crippen molar-refractivity contribution in [3.63, 3.8) is 0 Å². The molecule has 0 bridgehead atoms. The van der Waals surface area contributed by atoms with Crippen LogP contribution < -0.4 is 15.2 Å². The lowest BCUT2D eigenvalue weighted by molar-refractivity contribution is 0.297. The zero-order chi connectivity index (χ0) is 18.3. The largest absolute Gasteiger partial charge is 0.493 e. The molecule has 0 amide bonds. The fourth-order valence-electron chi connectivity index (χ4n) is 3.81. The van der Waals surface area contributed by atoms with Gasteiger partial charge in [-0.3, -0.25) is 4.99 Å². The Bertz CT molecular complexity index is 582. The van der Waals surface area contributed by atoms with Gasteiger partial charge in [0.15, 0.2) is 17.5 Å². The molecule has 0 aromatic heterocycles. The average Bonchev–Trinajstić information content (AvgIpc) is 2.67. The Hall–Kier alpha value is -1.18. The summed E-state index contributed by atoms with van der Waals surface area (Å²) in [5, 5.41) is 0. The molecule has 0 atom stereocenters. The van der Waals surface area contributed by atoms with Crippen LogP contribution in [0, 0.1) is 0 Å². The van der Waals surface area contributed by atoms with Gasteiger partial charge < -0.3 is 20.1 Å². The summed E-state index contributed by atoms with van der Waals surface area (Å²) in [6, 6.07) is 6.28. The molecule has 1 aliphatic carbocycles. The van der Waals surface area contributed by atoms with Crippen molar-refractivity contribution in [1.82, 2.24) is 4.90 Å². The summed E-state index contributed by atoms with van der Waals surface area (Å²) in [7, 11) is 3.36. The van der Waals surface area contributed by atoms with Gasteiger partial charge >= 0.3 is 0 Å². The van der Waals surface area contributed by atoms with E-state index in [1.807, 2.05) is 6.07 Å². The van der Waals surface area contributed by atoms with E-state index in [4.69, 9.17) is 20.2 Å². The Morgan fingerprint density at radius 3 is 2.23 bits per heavy atom. The van der Waals surface area contributed by atoms with Gasteiger partial charge in [0.2, 0.25) is 0 Å². The molecular weight excluding hydrogens is 441 g/mol. The van der Waals surface area contributed by atoms with Gasteiger partial charge in [0, 0.05) is 18.5 Å². The molecule has 0 heterocycles. The number of rotatable bonds is 7. The van der Waals surface area contributed by atoms with Crippen molar-refractivity contribution in [1.29, 1.82) is 0 Å². The van der Waals surface area contributed by atoms with E-state index in [0.717, 1.165) is 44.0 Å². The number of hydrogen-bond donors (Lipinski definition) is 1. The lowest BCUT2D eigenvalue weighted by Gasteiger charge is -2.37. The van der Waals surface area contributed by atoms with E-state index in [2.05, 4.69) is 30.9 Å². The summed E-state index contributed by atoms with van der Waals surface area (Å²) in [5.41, 5.74) is 7.54. The number of methoxy groups -OCH3 is 2. The zero-order valence-electron chi connectivity index (χ0n) is 16.6. The van der Waals surface area contributed by atoms with E-state index in [9.17, 15) is 0 Å². The number of benzene rings is 1. The molecular formula is C20H34IN3O2. The fourth-order valence-corrected chi connectivity index (χ4v) is 3.81. The van der Waals surface area contributed by atoms with Gasteiger partial charge in [-0.1, -0.05) is 25.3 Å². The van der Waals surface area contributed by atoms with Crippen molar-refractivity contribution in [2.24, 2.45) is 10.7 Å². The molecule has 2 N–H and O–H groups in total. The van der Waals surface area contributed by atoms with Crippen LogP contribution in [0.15, 0.2) is 23.2 Å². The SMILES string of the molecule is CCN(CC)C(N)=NCC1(c2ccc(OC)c(OC)c2)CCCCC1.I. The highest BCUT2D eigenvalue weighted by Gasteiger charge is 2.34. The van der Waals surface area contributed by atoms with Gasteiger partial charge in [0.05, 0.1) is 20.8 Å². The molecule has 0 radical (unpaired) electrons. The van der Waals surface area contributed by atoms with Crippen molar-refractivity contribution >= 4 is 29.9 Å². The Morgan fingerprint density at radius 2 is 1.69 bits per heavy atom. The Kier molecular flexibility index (Phi) is 9.54. The molecule has 0 spiro atoms. The first-order chi connectivity index (χ1) is 12.1. The lowest BCUT2D eigenvalue weighted by Crippen LogP contribution is -2.39. The quantitative estimate of drug-likeness (QED) is 0.365. The second kappa shape index (κ2) is 10.8. The molecule has 0 aliphatic heterocycles. The molecule has 1 aromatic carbocycles. The molecule has 2 rings (SSSR count). The second-order valence-electron chi connectivity index (χ2n) is 6.76. The number of nitrogens with two attached hydrogens (primary N) is 1. The summed E-state index contributed by atoms with van der Waals surface area (Å²) >= 11 is 0. The van der Waals surface area contributed by atoms with Gasteiger partial charge in [-0.25, -0.2) is 0 Å². The smallest absolute Gasteiger partial charge is 0.191 e. The maximum Gasteiger partial charge on any atom is 0.191 e. The fraction of sp³-hybridized carbons (Fsp3) is 0.650. The predicted molar refractivity (Wildman–Crippen MR) is 119 cm³/mol. The normalized spacial score (nSPS) is 16.5. The van der Waals surface area contributed by atoms with E-state index in [0.29, 0.717) is 5.96 Å². The molecule has 5 nitrogen and oxygen atoms in total. The van der Waals surface area contributed by atoms with Crippen LogP contribution in [0.25, 0.3) is 0 Å². The van der Waals surface area contributed by atoms with Crippen molar-refractivity contribution in [2.45, 2.75) is 51.4 Å². The number of halogens is 1. The summed E-state index contributed by atoms with van der Waals surface area (Å²) in [4.78, 5) is 6.89. The van der Waals surface area contributed by atoms with Gasteiger partial charge in [-0.15, -0.1) is 24.0 Å². The van der Waals surface area contributed by atoms with Crippen LogP contribution in [-0.2, 0) is 5.41 Å². The summed E-state index contributed by atoms with van der Waals surface area (Å²) < 4.78 is 10.9. The van der Waals surface area contributed by atoms with Gasteiger partial charge in [-0.05, 0) is 44.4 Å². The maximum absolute atomic E-state index is 6.23. The van der Waals surface area contributed by atoms with Crippen LogP contribution in [0.1, 0.15) is 51.5 Å². The average molecular weight is 475 g/mol. The number of hydrogen-bond acceptors (Lipinski definition) is 3. The lowest BCUT2D eigenvalue weighted by atomic mass is 9.69. The van der Waals surface area contributed by atoms with E-state index in [-0.39, 0.29) is 29.4 Å². The molecule has 26 heavy (non-hydrogen) atoms. The van der Waals surface area contributed by atoms with Crippen molar-refractivity contribution in [3.8, 4) is 11.5 Å². The third-order valence-corrected chi connectivity index (χ3v) is 5.44. The summed E-state index contributed by atoms with van der Waals surface area (Å²) in [6.07, 6.45) is 6.03. The summed E-state index contributed by atoms with van der Waals surface area (Å²) in [5.74, 6) is 2.20. The minimum Gasteiger partial charge on any atom is -0.493 e. The van der Waals surface area contributed by atoms with E-state index >= 15 is 0 Å². The predicted octanol–water partition coefficient (Wildman–Crippen LogP) is 4.18. The number of ether oxygens (including phenoxy) is 2. The van der Waals surface area contributed by atoms with Crippen molar-refractivity contribution in [3.05, 3.63) is 23.8 Å². The molecule has 1 saturated carbocycles. The zero-order valence-corrected chi connectivity index (χ0v) is 18.9. The van der Waals surface area contributed by atoms with Crippen LogP contribution in [-0.4, -0.2) is 44.7 Å². The van der Waals surface area contributed by atoms with Crippen molar-refractivity contribution < 1.29 is 9.47 Å². The van der Waals surface area contributed by atoms with Crippen LogP contribution >= 0.6 is 24.0 Å². The van der Waals surface area contributed by atoms with Gasteiger partial charge in [-0.2, -0.15) is 0 Å². The van der Waals surface area contributed by atoms with E-state index < -0.39 is 0 Å². The molecule has 1 aliphatic rings. The second-order valence-corrected chi connectivity index (χ2v) is 6.76. The molecule has 148 valence electrons. The van der Waals surface area contributed by atoms with Crippen LogP contribution in [0.5, 0.6) is 11.5 Å². The van der Waals surface area contributed by atoms with Crippen LogP contribution in [0.4, 0.5) is 0 Å². The first kappa shape index (κ1) is 22.9. The standard InChI is InChI=1S/C20H33N3O2.HI/c1-5-23(6-2)19(21)22-15-20(12-8-7-9-13-20)16-10-11-17(24-3)18(14-16)25-4;/h10-11,14H,5-9,12-13,15H2,1-4H3,(H2,21,22);1H. The third-order valence-electron chi connectivity index (χ3n) is 5.44. The third kappa shape index (κ3) is 5.18. The Labute approximate surface area is 175 Å². The number of aliphatic imine (C=N–C) groups is 1. The van der Waals surface area contributed by atoms with Crippen molar-refractivity contribution in [2.75, 3.05) is 33.9 Å². The van der Waals surface area contributed by atoms with Crippen LogP contribution in [0.3, 0.4) is 0 Å². The Morgan fingerprint density at radius 1 is 1.08 bits per heavy atom. The molecule has 1 fully saturated rings. The van der Waals surface area contributed by atoms with E-state index in [1.165, 1.54) is 24.8 Å². The molecule has 0 unspecified atom stereocenters. The van der Waals surface area contributed by atoms with Crippen LogP contribution in [0.2, 0.25) is 0 Å². The highest BCUT2D eigenvalue weighted by Crippen LogP contribution is 2.42. The molecule has 1 aromatic rings. The first-order valence-corrected chi connectivity index (χ1v) is 9.37. The number of nitrogens with zero attached hydrogens (tertiary/aromatic N) is 2. The monoisotopic (exact) mass is 475 g/mol. The van der Waals surface area contributed by atoms with E-state index in [1.54, 1.807) is 14.2 Å². The minimum absolute atomic E-state index is 0. The topological polar surface area (TPSA) is 60.1 Å². The highest BCUT2D eigenvalue weighted by molar-refractivity contribution is 14.0. The molecule has 0 saturated heterocycles. The minimum atomic E-state index is 0. The first-order valence-electron chi connectivity index (χ1n) is 9.37. The number of guanidine groups is 1. The highest BCUT2D eigenvalue weighted by atomic mass is 127. The van der Waals surface area contributed by atoms with Gasteiger partial charge in [0.25, 0.3) is 0 Å². The maximum atomic E-state index is 6.23. The summed E-state index contributed by atoms with van der Waals surface area (Å²) in [6.45, 7) is 6.71. The Balaban J connectivity index is 0.00000338. The molecule has 6 heteroatoms. The van der Waals surface area contributed by atoms with Gasteiger partial charge in [0.1, 0.15) is 0 Å².